The Kier molecular flexibility index (Phi) is 6.75. The van der Waals surface area contributed by atoms with E-state index >= 15 is 0 Å². The number of carbonyl (C=O) groups excluding carboxylic acids is 2. The van der Waals surface area contributed by atoms with Gasteiger partial charge in [0.05, 0.1) is 5.56 Å². The Morgan fingerprint density at radius 2 is 1.92 bits per heavy atom. The molecule has 0 unspecified atom stereocenters. The molecule has 2 rings (SSSR count). The number of amides is 1. The minimum atomic E-state index is -0.621. The fraction of sp³-hybridized carbons (Fsp3) is 0.278. The summed E-state index contributed by atoms with van der Waals surface area (Å²) in [7, 11) is 0. The van der Waals surface area contributed by atoms with Gasteiger partial charge in [0.2, 0.25) is 0 Å². The number of pyridine rings is 1. The van der Waals surface area contributed by atoms with Gasteiger partial charge in [-0.15, -0.1) is 0 Å². The van der Waals surface area contributed by atoms with Gasteiger partial charge < -0.3 is 10.1 Å². The largest absolute Gasteiger partial charge is 0.452 e. The van der Waals surface area contributed by atoms with Crippen LogP contribution in [-0.2, 0) is 16.0 Å². The molecule has 24 heavy (non-hydrogen) atoms. The number of nitrogens with one attached hydrogen (secondary N) is 1. The van der Waals surface area contributed by atoms with Gasteiger partial charge in [0.25, 0.3) is 5.91 Å². The zero-order valence-electron chi connectivity index (χ0n) is 13.4. The Morgan fingerprint density at radius 3 is 2.54 bits per heavy atom. The van der Waals surface area contributed by atoms with Crippen molar-refractivity contribution in [1.29, 1.82) is 0 Å². The Hall–Kier alpha value is -2.40. The minimum Gasteiger partial charge on any atom is -0.452 e. The van der Waals surface area contributed by atoms with Crippen molar-refractivity contribution >= 4 is 29.2 Å². The number of aromatic nitrogens is 1. The van der Waals surface area contributed by atoms with E-state index in [0.29, 0.717) is 5.69 Å². The van der Waals surface area contributed by atoms with E-state index in [-0.39, 0.29) is 17.3 Å². The number of carbonyl (C=O) groups is 2. The molecule has 1 heterocycles. The molecule has 0 saturated heterocycles. The molecule has 0 radical (unpaired) electrons. The predicted molar refractivity (Wildman–Crippen MR) is 93.2 cm³/mol. The molecule has 0 aliphatic carbocycles. The van der Waals surface area contributed by atoms with Crippen LogP contribution in [-0.4, -0.2) is 23.5 Å². The maximum Gasteiger partial charge on any atom is 0.340 e. The van der Waals surface area contributed by atoms with Crippen molar-refractivity contribution in [2.24, 2.45) is 0 Å². The van der Waals surface area contributed by atoms with Gasteiger partial charge in [-0.1, -0.05) is 37.1 Å². The molecule has 1 aromatic heterocycles. The summed E-state index contributed by atoms with van der Waals surface area (Å²) >= 11 is 5.65. The number of halogens is 1. The Balaban J connectivity index is 1.80. The van der Waals surface area contributed by atoms with Crippen LogP contribution in [0.1, 0.15) is 35.7 Å². The number of aryl methyl sites for hydroxylation is 1. The van der Waals surface area contributed by atoms with E-state index in [0.717, 1.165) is 19.3 Å². The van der Waals surface area contributed by atoms with Crippen molar-refractivity contribution in [1.82, 2.24) is 4.98 Å². The highest BCUT2D eigenvalue weighted by Crippen LogP contribution is 2.12. The van der Waals surface area contributed by atoms with Crippen molar-refractivity contribution < 1.29 is 14.3 Å². The number of hydrogen-bond donors (Lipinski definition) is 1. The molecule has 0 fully saturated rings. The molecule has 5 nitrogen and oxygen atoms in total. The van der Waals surface area contributed by atoms with E-state index in [4.69, 9.17) is 16.3 Å². The summed E-state index contributed by atoms with van der Waals surface area (Å²) in [5.41, 5.74) is 2.15. The second-order valence-electron chi connectivity index (χ2n) is 5.29. The van der Waals surface area contributed by atoms with Crippen LogP contribution in [0.25, 0.3) is 0 Å². The monoisotopic (exact) mass is 346 g/mol. The summed E-state index contributed by atoms with van der Waals surface area (Å²) in [6, 6.07) is 10.6. The topological polar surface area (TPSA) is 68.3 Å². The molecule has 0 saturated carbocycles. The number of ether oxygens (including phenoxy) is 1. The highest BCUT2D eigenvalue weighted by Gasteiger charge is 2.10. The third-order valence-electron chi connectivity index (χ3n) is 3.35. The number of benzene rings is 1. The molecule has 1 amide bonds. The zero-order chi connectivity index (χ0) is 17.4. The van der Waals surface area contributed by atoms with Crippen molar-refractivity contribution in [3.8, 4) is 0 Å². The average Bonchev–Trinajstić information content (AvgIpc) is 2.59. The quantitative estimate of drug-likeness (QED) is 0.610. The van der Waals surface area contributed by atoms with Crippen molar-refractivity contribution in [3.05, 3.63) is 58.9 Å². The number of hydrogen-bond acceptors (Lipinski definition) is 4. The van der Waals surface area contributed by atoms with Crippen LogP contribution in [0.5, 0.6) is 0 Å². The second kappa shape index (κ2) is 9.03. The summed E-state index contributed by atoms with van der Waals surface area (Å²) in [4.78, 5) is 27.4. The molecular formula is C18H19ClN2O3. The van der Waals surface area contributed by atoms with Gasteiger partial charge >= 0.3 is 5.97 Å². The Labute approximate surface area is 146 Å². The lowest BCUT2D eigenvalue weighted by Gasteiger charge is -2.07. The molecule has 0 aliphatic rings. The van der Waals surface area contributed by atoms with Crippen molar-refractivity contribution in [2.45, 2.75) is 26.2 Å². The van der Waals surface area contributed by atoms with E-state index in [1.54, 1.807) is 0 Å². The van der Waals surface area contributed by atoms with Crippen LogP contribution in [0.15, 0.2) is 42.6 Å². The van der Waals surface area contributed by atoms with Crippen LogP contribution in [0, 0.1) is 0 Å². The van der Waals surface area contributed by atoms with E-state index in [9.17, 15) is 9.59 Å². The lowest BCUT2D eigenvalue weighted by atomic mass is 10.1. The SMILES string of the molecule is CCCCc1ccc(NC(=O)COC(=O)c2ccc(Cl)nc2)cc1. The fourth-order valence-electron chi connectivity index (χ4n) is 2.04. The van der Waals surface area contributed by atoms with E-state index in [2.05, 4.69) is 17.2 Å². The molecule has 126 valence electrons. The zero-order valence-corrected chi connectivity index (χ0v) is 14.2. The lowest BCUT2D eigenvalue weighted by Crippen LogP contribution is -2.21. The molecule has 1 N–H and O–H groups in total. The van der Waals surface area contributed by atoms with E-state index in [1.165, 1.54) is 23.9 Å². The number of rotatable bonds is 7. The van der Waals surface area contributed by atoms with Crippen molar-refractivity contribution in [2.75, 3.05) is 11.9 Å². The number of nitrogens with zero attached hydrogens (tertiary/aromatic N) is 1. The highest BCUT2D eigenvalue weighted by atomic mass is 35.5. The van der Waals surface area contributed by atoms with Gasteiger partial charge in [0.1, 0.15) is 5.15 Å². The van der Waals surface area contributed by atoms with E-state index in [1.807, 2.05) is 24.3 Å². The third-order valence-corrected chi connectivity index (χ3v) is 3.58. The van der Waals surface area contributed by atoms with Crippen LogP contribution in [0.2, 0.25) is 5.15 Å². The fourth-order valence-corrected chi connectivity index (χ4v) is 2.16. The molecule has 0 spiro atoms. The van der Waals surface area contributed by atoms with E-state index < -0.39 is 11.9 Å². The maximum atomic E-state index is 11.8. The molecule has 0 atom stereocenters. The first-order chi connectivity index (χ1) is 11.6. The summed E-state index contributed by atoms with van der Waals surface area (Å²) in [6.45, 7) is 1.79. The smallest absolute Gasteiger partial charge is 0.340 e. The molecule has 6 heteroatoms. The first-order valence-corrected chi connectivity index (χ1v) is 8.13. The third kappa shape index (κ3) is 5.66. The van der Waals surface area contributed by atoms with Gasteiger partial charge in [0.15, 0.2) is 6.61 Å². The molecule has 2 aromatic rings. The van der Waals surface area contributed by atoms with Crippen molar-refractivity contribution in [3.63, 3.8) is 0 Å². The molecule has 1 aromatic carbocycles. The Bertz CT molecular complexity index is 684. The summed E-state index contributed by atoms with van der Waals surface area (Å²) in [5, 5.41) is 2.97. The lowest BCUT2D eigenvalue weighted by molar-refractivity contribution is -0.119. The van der Waals surface area contributed by atoms with Crippen LogP contribution < -0.4 is 5.32 Å². The van der Waals surface area contributed by atoms with Crippen LogP contribution in [0.3, 0.4) is 0 Å². The maximum absolute atomic E-state index is 11.8. The standard InChI is InChI=1S/C18H19ClN2O3/c1-2-3-4-13-5-8-15(9-6-13)21-17(22)12-24-18(23)14-7-10-16(19)20-11-14/h5-11H,2-4,12H2,1H3,(H,21,22). The number of esters is 1. The predicted octanol–water partition coefficient (Wildman–Crippen LogP) is 3.87. The normalized spacial score (nSPS) is 10.2. The van der Waals surface area contributed by atoms with Gasteiger partial charge in [-0.3, -0.25) is 4.79 Å². The van der Waals surface area contributed by atoms with Gasteiger partial charge in [-0.2, -0.15) is 0 Å². The second-order valence-corrected chi connectivity index (χ2v) is 5.68. The molecule has 0 bridgehead atoms. The summed E-state index contributed by atoms with van der Waals surface area (Å²) in [5.74, 6) is -1.02. The summed E-state index contributed by atoms with van der Waals surface area (Å²) < 4.78 is 4.94. The average molecular weight is 347 g/mol. The molecule has 0 aliphatic heterocycles. The van der Waals surface area contributed by atoms with Crippen LogP contribution in [0.4, 0.5) is 5.69 Å². The first kappa shape index (κ1) is 17.9. The minimum absolute atomic E-state index is 0.243. The number of anilines is 1. The highest BCUT2D eigenvalue weighted by molar-refractivity contribution is 6.29. The first-order valence-electron chi connectivity index (χ1n) is 7.76. The van der Waals surface area contributed by atoms with Crippen LogP contribution >= 0.6 is 11.6 Å². The van der Waals surface area contributed by atoms with Gasteiger partial charge in [0, 0.05) is 11.9 Å². The van der Waals surface area contributed by atoms with Gasteiger partial charge in [-0.25, -0.2) is 9.78 Å². The Morgan fingerprint density at radius 1 is 1.17 bits per heavy atom. The molecular weight excluding hydrogens is 328 g/mol. The van der Waals surface area contributed by atoms with Gasteiger partial charge in [-0.05, 0) is 42.7 Å². The number of unbranched alkanes of at least 4 members (excludes halogenated alkanes) is 1. The summed E-state index contributed by atoms with van der Waals surface area (Å²) in [6.07, 6.45) is 4.61.